The van der Waals surface area contributed by atoms with E-state index in [-0.39, 0.29) is 6.61 Å². The molecule has 1 heterocycles. The lowest BCUT2D eigenvalue weighted by Gasteiger charge is -2.10. The number of pyridine rings is 1. The Balaban J connectivity index is 1.48. The fourth-order valence-corrected chi connectivity index (χ4v) is 2.77. The molecule has 0 radical (unpaired) electrons. The van der Waals surface area contributed by atoms with Crippen LogP contribution in [0.15, 0.2) is 54.6 Å². The molecule has 3 rings (SSSR count). The normalized spacial score (nSPS) is 10.5. The molecule has 0 saturated carbocycles. The third kappa shape index (κ3) is 5.20. The predicted molar refractivity (Wildman–Crippen MR) is 107 cm³/mol. The highest BCUT2D eigenvalue weighted by atomic mass is 35.5. The predicted octanol–water partition coefficient (Wildman–Crippen LogP) is 3.55. The second-order valence-corrected chi connectivity index (χ2v) is 6.48. The van der Waals surface area contributed by atoms with Crippen molar-refractivity contribution in [2.24, 2.45) is 0 Å². The SMILES string of the molecule is Cc1nc2ccc(Cl)cc2cc1C(=O)OCC(=O)NCCOc1ccccc1. The second-order valence-electron chi connectivity index (χ2n) is 6.05. The molecule has 0 bridgehead atoms. The van der Waals surface area contributed by atoms with Gasteiger partial charge >= 0.3 is 5.97 Å². The summed E-state index contributed by atoms with van der Waals surface area (Å²) in [6, 6.07) is 16.2. The Hall–Kier alpha value is -3.12. The van der Waals surface area contributed by atoms with Crippen LogP contribution in [0, 0.1) is 6.92 Å². The van der Waals surface area contributed by atoms with Crippen molar-refractivity contribution >= 4 is 34.4 Å². The van der Waals surface area contributed by atoms with E-state index in [1.165, 1.54) is 0 Å². The number of rotatable bonds is 7. The molecule has 28 heavy (non-hydrogen) atoms. The number of carbonyl (C=O) groups is 2. The van der Waals surface area contributed by atoms with Crippen molar-refractivity contribution in [3.63, 3.8) is 0 Å². The fraction of sp³-hybridized carbons (Fsp3) is 0.190. The largest absolute Gasteiger partial charge is 0.492 e. The fourth-order valence-electron chi connectivity index (χ4n) is 2.59. The number of carbonyl (C=O) groups excluding carboxylic acids is 2. The number of hydrogen-bond acceptors (Lipinski definition) is 5. The van der Waals surface area contributed by atoms with E-state index in [4.69, 9.17) is 21.1 Å². The van der Waals surface area contributed by atoms with Gasteiger partial charge in [0.05, 0.1) is 23.3 Å². The molecule has 1 aromatic heterocycles. The number of nitrogens with zero attached hydrogens (tertiary/aromatic N) is 1. The van der Waals surface area contributed by atoms with E-state index >= 15 is 0 Å². The summed E-state index contributed by atoms with van der Waals surface area (Å²) in [5, 5.41) is 3.92. The van der Waals surface area contributed by atoms with Gasteiger partial charge in [-0.2, -0.15) is 0 Å². The zero-order chi connectivity index (χ0) is 19.9. The Kier molecular flexibility index (Phi) is 6.45. The van der Waals surface area contributed by atoms with Gasteiger partial charge < -0.3 is 14.8 Å². The third-order valence-corrected chi connectivity index (χ3v) is 4.19. The lowest BCUT2D eigenvalue weighted by Crippen LogP contribution is -2.32. The molecule has 1 amide bonds. The van der Waals surface area contributed by atoms with Crippen LogP contribution in [0.1, 0.15) is 16.1 Å². The van der Waals surface area contributed by atoms with Crippen molar-refractivity contribution in [1.82, 2.24) is 10.3 Å². The minimum Gasteiger partial charge on any atom is -0.492 e. The van der Waals surface area contributed by atoms with Gasteiger partial charge in [0.25, 0.3) is 5.91 Å². The summed E-state index contributed by atoms with van der Waals surface area (Å²) < 4.78 is 10.6. The standard InChI is InChI=1S/C21H19ClN2O4/c1-14-18(12-15-11-16(22)7-8-19(15)24-14)21(26)28-13-20(25)23-9-10-27-17-5-3-2-4-6-17/h2-8,11-12H,9-10,13H2,1H3,(H,23,25). The summed E-state index contributed by atoms with van der Waals surface area (Å²) in [7, 11) is 0. The van der Waals surface area contributed by atoms with Crippen LogP contribution in [0.2, 0.25) is 5.02 Å². The molecule has 0 unspecified atom stereocenters. The number of aromatic nitrogens is 1. The quantitative estimate of drug-likeness (QED) is 0.486. The zero-order valence-corrected chi connectivity index (χ0v) is 16.0. The zero-order valence-electron chi connectivity index (χ0n) is 15.3. The van der Waals surface area contributed by atoms with Gasteiger partial charge in [-0.25, -0.2) is 4.79 Å². The van der Waals surface area contributed by atoms with Crippen molar-refractivity contribution in [3.8, 4) is 5.75 Å². The summed E-state index contributed by atoms with van der Waals surface area (Å²) in [6.07, 6.45) is 0. The Bertz CT molecular complexity index is 992. The second kappa shape index (κ2) is 9.19. The van der Waals surface area contributed by atoms with Crippen LogP contribution in [0.25, 0.3) is 10.9 Å². The first-order valence-corrected chi connectivity index (χ1v) is 9.09. The van der Waals surface area contributed by atoms with Gasteiger partial charge in [0.2, 0.25) is 0 Å². The van der Waals surface area contributed by atoms with Crippen LogP contribution < -0.4 is 10.1 Å². The molecule has 1 N–H and O–H groups in total. The van der Waals surface area contributed by atoms with Crippen LogP contribution in [0.3, 0.4) is 0 Å². The number of esters is 1. The maximum atomic E-state index is 12.3. The van der Waals surface area contributed by atoms with E-state index in [9.17, 15) is 9.59 Å². The van der Waals surface area contributed by atoms with Crippen LogP contribution >= 0.6 is 11.6 Å². The summed E-state index contributed by atoms with van der Waals surface area (Å²) in [5.41, 5.74) is 1.56. The molecule has 0 atom stereocenters. The van der Waals surface area contributed by atoms with Crippen molar-refractivity contribution in [2.75, 3.05) is 19.8 Å². The number of halogens is 1. The van der Waals surface area contributed by atoms with E-state index in [2.05, 4.69) is 10.3 Å². The van der Waals surface area contributed by atoms with Gasteiger partial charge in [0.1, 0.15) is 12.4 Å². The molecular formula is C21H19ClN2O4. The Morgan fingerprint density at radius 1 is 1.11 bits per heavy atom. The Labute approximate surface area is 167 Å². The highest BCUT2D eigenvalue weighted by Crippen LogP contribution is 2.21. The Morgan fingerprint density at radius 2 is 1.89 bits per heavy atom. The molecule has 0 aliphatic heterocycles. The number of fused-ring (bicyclic) bond motifs is 1. The first-order chi connectivity index (χ1) is 13.5. The van der Waals surface area contributed by atoms with Crippen LogP contribution in [-0.4, -0.2) is 36.6 Å². The smallest absolute Gasteiger partial charge is 0.340 e. The third-order valence-electron chi connectivity index (χ3n) is 3.96. The lowest BCUT2D eigenvalue weighted by atomic mass is 10.1. The summed E-state index contributed by atoms with van der Waals surface area (Å²) >= 11 is 5.99. The molecule has 0 fully saturated rings. The highest BCUT2D eigenvalue weighted by molar-refractivity contribution is 6.31. The molecular weight excluding hydrogens is 380 g/mol. The van der Waals surface area contributed by atoms with Gasteiger partial charge in [0.15, 0.2) is 6.61 Å². The van der Waals surface area contributed by atoms with E-state index < -0.39 is 11.9 Å². The monoisotopic (exact) mass is 398 g/mol. The van der Waals surface area contributed by atoms with Gasteiger partial charge in [0, 0.05) is 10.4 Å². The van der Waals surface area contributed by atoms with E-state index in [1.807, 2.05) is 30.3 Å². The molecule has 7 heteroatoms. The van der Waals surface area contributed by atoms with Gasteiger partial charge in [-0.1, -0.05) is 29.8 Å². The molecule has 3 aromatic rings. The Morgan fingerprint density at radius 3 is 2.68 bits per heavy atom. The number of ether oxygens (including phenoxy) is 2. The number of benzene rings is 2. The molecule has 0 saturated heterocycles. The van der Waals surface area contributed by atoms with E-state index in [1.54, 1.807) is 31.2 Å². The summed E-state index contributed by atoms with van der Waals surface area (Å²) in [5.74, 6) is -0.287. The lowest BCUT2D eigenvalue weighted by molar-refractivity contribution is -0.124. The van der Waals surface area contributed by atoms with Crippen molar-refractivity contribution in [3.05, 3.63) is 70.9 Å². The average Bonchev–Trinajstić information content (AvgIpc) is 2.70. The minimum atomic E-state index is -0.609. The van der Waals surface area contributed by atoms with Crippen LogP contribution in [-0.2, 0) is 9.53 Å². The van der Waals surface area contributed by atoms with E-state index in [0.717, 1.165) is 16.7 Å². The maximum absolute atomic E-state index is 12.3. The topological polar surface area (TPSA) is 77.5 Å². The minimum absolute atomic E-state index is 0.301. The molecule has 0 spiro atoms. The first-order valence-electron chi connectivity index (χ1n) is 8.71. The number of para-hydroxylation sites is 1. The summed E-state index contributed by atoms with van der Waals surface area (Å²) in [4.78, 5) is 28.5. The van der Waals surface area contributed by atoms with Crippen molar-refractivity contribution < 1.29 is 19.1 Å². The van der Waals surface area contributed by atoms with Gasteiger partial charge in [-0.3, -0.25) is 9.78 Å². The molecule has 6 nitrogen and oxygen atoms in total. The van der Waals surface area contributed by atoms with Crippen LogP contribution in [0.4, 0.5) is 0 Å². The molecule has 144 valence electrons. The van der Waals surface area contributed by atoms with Gasteiger partial charge in [-0.15, -0.1) is 0 Å². The van der Waals surface area contributed by atoms with Crippen molar-refractivity contribution in [2.45, 2.75) is 6.92 Å². The highest BCUT2D eigenvalue weighted by Gasteiger charge is 2.15. The first kappa shape index (κ1) is 19.6. The van der Waals surface area contributed by atoms with E-state index in [0.29, 0.717) is 29.4 Å². The number of aryl methyl sites for hydroxylation is 1. The maximum Gasteiger partial charge on any atom is 0.340 e. The number of nitrogens with one attached hydrogen (secondary N) is 1. The van der Waals surface area contributed by atoms with Crippen LogP contribution in [0.5, 0.6) is 5.75 Å². The number of hydrogen-bond donors (Lipinski definition) is 1. The molecule has 2 aromatic carbocycles. The van der Waals surface area contributed by atoms with Gasteiger partial charge in [-0.05, 0) is 43.3 Å². The van der Waals surface area contributed by atoms with Crippen molar-refractivity contribution in [1.29, 1.82) is 0 Å². The number of amides is 1. The molecule has 0 aliphatic carbocycles. The summed E-state index contributed by atoms with van der Waals surface area (Å²) in [6.45, 7) is 1.96. The average molecular weight is 399 g/mol. The molecule has 0 aliphatic rings.